The number of anilines is 2. The highest BCUT2D eigenvalue weighted by atomic mass is 31.2. The van der Waals surface area contributed by atoms with Crippen molar-refractivity contribution in [3.8, 4) is 5.75 Å². The van der Waals surface area contributed by atoms with E-state index in [9.17, 15) is 9.36 Å². The van der Waals surface area contributed by atoms with Crippen LogP contribution in [0.5, 0.6) is 5.75 Å². The average molecular weight is 652 g/mol. The van der Waals surface area contributed by atoms with Crippen molar-refractivity contribution in [1.29, 1.82) is 0 Å². The first-order chi connectivity index (χ1) is 22.3. The van der Waals surface area contributed by atoms with E-state index < -0.39 is 19.8 Å². The van der Waals surface area contributed by atoms with Gasteiger partial charge in [0.25, 0.3) is 0 Å². The Hall–Kier alpha value is -3.47. The van der Waals surface area contributed by atoms with Crippen LogP contribution in [0.3, 0.4) is 0 Å². The lowest BCUT2D eigenvalue weighted by Gasteiger charge is -2.24. The molecule has 13 heteroatoms. The van der Waals surface area contributed by atoms with E-state index in [1.165, 1.54) is 38.5 Å². The number of nitrogens with two attached hydrogens (primary N) is 1. The highest BCUT2D eigenvalue weighted by Gasteiger charge is 2.34. The van der Waals surface area contributed by atoms with Gasteiger partial charge in [0.05, 0.1) is 25.6 Å². The normalized spacial score (nSPS) is 22.0. The Labute approximate surface area is 270 Å². The molecule has 3 aromatic rings. The fourth-order valence-corrected chi connectivity index (χ4v) is 7.83. The van der Waals surface area contributed by atoms with E-state index in [1.807, 2.05) is 16.7 Å². The Bertz CT molecular complexity index is 1540. The van der Waals surface area contributed by atoms with E-state index in [-0.39, 0.29) is 24.5 Å². The lowest BCUT2D eigenvalue weighted by molar-refractivity contribution is -0.145. The predicted octanol–water partition coefficient (Wildman–Crippen LogP) is 6.58. The summed E-state index contributed by atoms with van der Waals surface area (Å²) in [5.74, 6) is 1.48. The van der Waals surface area contributed by atoms with Gasteiger partial charge in [-0.05, 0) is 57.1 Å². The summed E-state index contributed by atoms with van der Waals surface area (Å²) in [4.78, 5) is 26.2. The van der Waals surface area contributed by atoms with Crippen LogP contribution in [0.25, 0.3) is 11.2 Å². The van der Waals surface area contributed by atoms with Crippen LogP contribution in [0.1, 0.15) is 83.6 Å². The van der Waals surface area contributed by atoms with Crippen molar-refractivity contribution < 1.29 is 23.1 Å². The maximum atomic E-state index is 14.0. The molecule has 248 valence electrons. The predicted molar refractivity (Wildman–Crippen MR) is 177 cm³/mol. The minimum absolute atomic E-state index is 0.0453. The number of aromatic nitrogens is 4. The third-order valence-corrected chi connectivity index (χ3v) is 10.6. The second-order valence-electron chi connectivity index (χ2n) is 12.8. The molecule has 2 saturated carbocycles. The van der Waals surface area contributed by atoms with Crippen LogP contribution in [-0.2, 0) is 18.6 Å². The van der Waals surface area contributed by atoms with Crippen molar-refractivity contribution in [2.24, 2.45) is 11.8 Å². The van der Waals surface area contributed by atoms with E-state index >= 15 is 0 Å². The zero-order valence-corrected chi connectivity index (χ0v) is 27.4. The Morgan fingerprint density at radius 1 is 1.09 bits per heavy atom. The topological polar surface area (TPSA) is 156 Å². The number of hydrogen-bond acceptors (Lipinski definition) is 10. The van der Waals surface area contributed by atoms with Gasteiger partial charge in [-0.3, -0.25) is 9.32 Å². The summed E-state index contributed by atoms with van der Waals surface area (Å²) in [6.07, 6.45) is 18.4. The van der Waals surface area contributed by atoms with Gasteiger partial charge in [-0.1, -0.05) is 68.9 Å². The summed E-state index contributed by atoms with van der Waals surface area (Å²) in [6, 6.07) is 8.27. The number of hydrogen-bond donors (Lipinski definition) is 3. The van der Waals surface area contributed by atoms with Crippen LogP contribution >= 0.6 is 7.75 Å². The quantitative estimate of drug-likeness (QED) is 0.0666. The third kappa shape index (κ3) is 8.66. The molecule has 3 aliphatic carbocycles. The highest BCUT2D eigenvalue weighted by molar-refractivity contribution is 7.52. The smallest absolute Gasteiger partial charge is 0.459 e. The summed E-state index contributed by atoms with van der Waals surface area (Å²) >= 11 is 0. The van der Waals surface area contributed by atoms with E-state index in [0.717, 1.165) is 31.6 Å². The van der Waals surface area contributed by atoms with Gasteiger partial charge < -0.3 is 24.9 Å². The number of benzene rings is 1. The molecule has 6 rings (SSSR count). The molecule has 2 fully saturated rings. The molecule has 4 atom stereocenters. The van der Waals surface area contributed by atoms with Crippen molar-refractivity contribution in [1.82, 2.24) is 24.6 Å². The number of allylic oxidation sites excluding steroid dienone is 1. The zero-order valence-electron chi connectivity index (χ0n) is 26.6. The van der Waals surface area contributed by atoms with Gasteiger partial charge in [0.1, 0.15) is 11.8 Å². The fraction of sp³-hybridized carbons (Fsp3) is 0.576. The van der Waals surface area contributed by atoms with Crippen molar-refractivity contribution in [2.75, 3.05) is 24.3 Å². The first-order valence-electron chi connectivity index (χ1n) is 16.7. The molecule has 0 saturated heterocycles. The van der Waals surface area contributed by atoms with Crippen molar-refractivity contribution in [2.45, 2.75) is 95.7 Å². The minimum atomic E-state index is -3.96. The number of rotatable bonds is 16. The number of ether oxygens (including phenoxy) is 1. The van der Waals surface area contributed by atoms with Crippen LogP contribution in [-0.4, -0.2) is 50.8 Å². The number of carbonyl (C=O) groups excluding carboxylic acids is 1. The first-order valence-corrected chi connectivity index (χ1v) is 18.3. The molecule has 0 bridgehead atoms. The summed E-state index contributed by atoms with van der Waals surface area (Å²) < 4.78 is 33.3. The van der Waals surface area contributed by atoms with E-state index in [0.29, 0.717) is 41.8 Å². The van der Waals surface area contributed by atoms with Crippen molar-refractivity contribution in [3.63, 3.8) is 0 Å². The Morgan fingerprint density at radius 3 is 2.67 bits per heavy atom. The van der Waals surface area contributed by atoms with Crippen LogP contribution in [0.4, 0.5) is 11.8 Å². The van der Waals surface area contributed by atoms with Gasteiger partial charge in [0, 0.05) is 12.0 Å². The molecule has 0 radical (unpaired) electrons. The van der Waals surface area contributed by atoms with E-state index in [4.69, 9.17) is 19.5 Å². The van der Waals surface area contributed by atoms with E-state index in [2.05, 4.69) is 31.4 Å². The summed E-state index contributed by atoms with van der Waals surface area (Å²) in [5, 5.41) is 6.21. The molecule has 0 aliphatic heterocycles. The minimum Gasteiger partial charge on any atom is -0.465 e. The van der Waals surface area contributed by atoms with Gasteiger partial charge in [0.2, 0.25) is 5.95 Å². The van der Waals surface area contributed by atoms with Crippen molar-refractivity contribution in [3.05, 3.63) is 48.8 Å². The number of carbonyl (C=O) groups is 1. The number of imidazole rings is 1. The summed E-state index contributed by atoms with van der Waals surface area (Å²) in [7, 11) is -3.96. The molecular formula is C33H46N7O5P. The van der Waals surface area contributed by atoms with Gasteiger partial charge in [-0.15, -0.1) is 0 Å². The zero-order chi connectivity index (χ0) is 31.9. The number of fused-ring (bicyclic) bond motifs is 1. The molecule has 0 amide bonds. The standard InChI is InChI=1S/C33H46N7O5P/c1-23(32(41)43-19-9-8-12-24-10-4-2-5-11-24)39-46(42,45-28-13-6-3-7-14-28)44-21-25-15-18-27(20-25)40-22-35-29-30(36-26-16-17-26)37-33(34)38-31(29)40/h3,6-7,13-15,18,22-27H,2,4-5,8-12,16-17,19-21H2,1H3,(H,39,42)(H3,34,36,37,38)/t23-,25+,27-,46?/m0/s1. The number of esters is 1. The monoisotopic (exact) mass is 651 g/mol. The molecule has 2 heterocycles. The number of para-hydroxylation sites is 1. The molecule has 46 heavy (non-hydrogen) atoms. The molecule has 12 nitrogen and oxygen atoms in total. The van der Waals surface area contributed by atoms with Crippen LogP contribution in [0.2, 0.25) is 0 Å². The second kappa shape index (κ2) is 15.0. The van der Waals surface area contributed by atoms with Gasteiger partial charge in [-0.25, -0.2) is 9.55 Å². The molecular weight excluding hydrogens is 605 g/mol. The Morgan fingerprint density at radius 2 is 1.89 bits per heavy atom. The number of nitrogen functional groups attached to an aromatic ring is 1. The van der Waals surface area contributed by atoms with Crippen LogP contribution < -0.4 is 20.7 Å². The maximum absolute atomic E-state index is 14.0. The molecule has 3 aliphatic rings. The highest BCUT2D eigenvalue weighted by Crippen LogP contribution is 2.46. The summed E-state index contributed by atoms with van der Waals surface area (Å²) in [6.45, 7) is 2.07. The van der Waals surface area contributed by atoms with Crippen LogP contribution in [0, 0.1) is 11.8 Å². The van der Waals surface area contributed by atoms with Crippen molar-refractivity contribution >= 4 is 36.6 Å². The van der Waals surface area contributed by atoms with E-state index in [1.54, 1.807) is 37.5 Å². The maximum Gasteiger partial charge on any atom is 0.459 e. The molecule has 1 aromatic carbocycles. The van der Waals surface area contributed by atoms with Gasteiger partial charge in [-0.2, -0.15) is 15.1 Å². The molecule has 1 unspecified atom stereocenters. The van der Waals surface area contributed by atoms with Gasteiger partial charge in [0.15, 0.2) is 17.0 Å². The molecule has 2 aromatic heterocycles. The third-order valence-electron chi connectivity index (χ3n) is 8.97. The molecule has 0 spiro atoms. The van der Waals surface area contributed by atoms with Crippen LogP contribution in [0.15, 0.2) is 48.8 Å². The SMILES string of the molecule is C[C@H](NP(=O)(OC[C@@H]1C=C[C@H](n2cnc3c(NC4CC4)nc(N)nc32)C1)Oc1ccccc1)C(=O)OCCCCC1CCCCC1. The lowest BCUT2D eigenvalue weighted by atomic mass is 9.86. The second-order valence-corrected chi connectivity index (χ2v) is 14.5. The lowest BCUT2D eigenvalue weighted by Crippen LogP contribution is -2.35. The number of unbranched alkanes of at least 4 members (excludes halogenated alkanes) is 1. The number of nitrogens with one attached hydrogen (secondary N) is 2. The Balaban J connectivity index is 1.03. The largest absolute Gasteiger partial charge is 0.465 e. The summed E-state index contributed by atoms with van der Waals surface area (Å²) in [5.41, 5.74) is 7.38. The first kappa shape index (κ1) is 32.5. The fourth-order valence-electron chi connectivity index (χ4n) is 6.28. The average Bonchev–Trinajstić information content (AvgIpc) is 3.56. The number of nitrogens with zero attached hydrogens (tertiary/aromatic N) is 4. The Kier molecular flexibility index (Phi) is 10.6. The van der Waals surface area contributed by atoms with Gasteiger partial charge >= 0.3 is 13.7 Å². The molecule has 4 N–H and O–H groups in total.